The van der Waals surface area contributed by atoms with E-state index in [0.717, 1.165) is 16.8 Å². The molecule has 0 unspecified atom stereocenters. The molecule has 68 valence electrons. The lowest BCUT2D eigenvalue weighted by Crippen LogP contribution is -2.12. The third-order valence-corrected chi connectivity index (χ3v) is 1.86. The summed E-state index contributed by atoms with van der Waals surface area (Å²) in [6.07, 6.45) is 7.20. The monoisotopic (exact) mass is 174 g/mol. The van der Waals surface area contributed by atoms with Crippen LogP contribution in [0.1, 0.15) is 11.1 Å². The van der Waals surface area contributed by atoms with Crippen LogP contribution in [0.4, 0.5) is 5.69 Å². The summed E-state index contributed by atoms with van der Waals surface area (Å²) in [6.45, 7) is 7.50. The molecule has 0 bridgehead atoms. The summed E-state index contributed by atoms with van der Waals surface area (Å²) in [6, 6.07) is 0. The second-order valence-corrected chi connectivity index (χ2v) is 2.97. The first-order chi connectivity index (χ1) is 6.20. The van der Waals surface area contributed by atoms with Crippen LogP contribution in [0, 0.1) is 0 Å². The Balaban J connectivity index is 3.37. The van der Waals surface area contributed by atoms with Crippen LogP contribution in [0.5, 0.6) is 0 Å². The maximum Gasteiger partial charge on any atom is 0.0539 e. The normalized spacial score (nSPS) is 9.38. The van der Waals surface area contributed by atoms with Crippen molar-refractivity contribution in [1.82, 2.24) is 4.98 Å². The van der Waals surface area contributed by atoms with E-state index in [1.165, 1.54) is 0 Å². The first-order valence-electron chi connectivity index (χ1n) is 4.11. The van der Waals surface area contributed by atoms with E-state index in [-0.39, 0.29) is 0 Å². The van der Waals surface area contributed by atoms with E-state index in [1.807, 2.05) is 19.0 Å². The van der Waals surface area contributed by atoms with Gasteiger partial charge in [-0.3, -0.25) is 4.98 Å². The average Bonchev–Trinajstić information content (AvgIpc) is 2.16. The van der Waals surface area contributed by atoms with Gasteiger partial charge in [-0.15, -0.1) is 0 Å². The van der Waals surface area contributed by atoms with Gasteiger partial charge in [-0.1, -0.05) is 25.3 Å². The first kappa shape index (κ1) is 9.52. The summed E-state index contributed by atoms with van der Waals surface area (Å²) in [5, 5.41) is 0. The number of nitrogens with zero attached hydrogens (tertiary/aromatic N) is 2. The van der Waals surface area contributed by atoms with Crippen LogP contribution < -0.4 is 4.90 Å². The fraction of sp³-hybridized carbons (Fsp3) is 0.182. The molecule has 13 heavy (non-hydrogen) atoms. The first-order valence-corrected chi connectivity index (χ1v) is 4.11. The molecule has 0 atom stereocenters. The average molecular weight is 174 g/mol. The standard InChI is InChI=1S/C11H14N2/c1-5-9-7-12-8-10(6-2)11(9)13(3)4/h5-8H,1-2H2,3-4H3. The summed E-state index contributed by atoms with van der Waals surface area (Å²) in [5.74, 6) is 0. The van der Waals surface area contributed by atoms with E-state index in [4.69, 9.17) is 0 Å². The molecule has 1 rings (SSSR count). The van der Waals surface area contributed by atoms with Crippen molar-refractivity contribution in [3.63, 3.8) is 0 Å². The largest absolute Gasteiger partial charge is 0.377 e. The van der Waals surface area contributed by atoms with Crippen molar-refractivity contribution >= 4 is 17.8 Å². The van der Waals surface area contributed by atoms with Crippen molar-refractivity contribution in [3.05, 3.63) is 36.7 Å². The number of aromatic nitrogens is 1. The lowest BCUT2D eigenvalue weighted by Gasteiger charge is -2.17. The molecule has 0 aliphatic carbocycles. The molecule has 0 aliphatic rings. The van der Waals surface area contributed by atoms with E-state index < -0.39 is 0 Å². The van der Waals surface area contributed by atoms with Gasteiger partial charge in [-0.25, -0.2) is 0 Å². The molecule has 0 N–H and O–H groups in total. The zero-order valence-corrected chi connectivity index (χ0v) is 8.12. The number of pyridine rings is 1. The van der Waals surface area contributed by atoms with Crippen molar-refractivity contribution < 1.29 is 0 Å². The van der Waals surface area contributed by atoms with Gasteiger partial charge < -0.3 is 4.90 Å². The lowest BCUT2D eigenvalue weighted by atomic mass is 10.1. The summed E-state index contributed by atoms with van der Waals surface area (Å²) in [7, 11) is 3.99. The molecular weight excluding hydrogens is 160 g/mol. The molecule has 0 saturated carbocycles. The Kier molecular flexibility index (Phi) is 2.85. The molecule has 2 nitrogen and oxygen atoms in total. The van der Waals surface area contributed by atoms with Crippen LogP contribution in [0.2, 0.25) is 0 Å². The Hall–Kier alpha value is -1.57. The van der Waals surface area contributed by atoms with Gasteiger partial charge in [0.05, 0.1) is 5.69 Å². The Bertz CT molecular complexity index is 301. The Labute approximate surface area is 79.2 Å². The Morgan fingerprint density at radius 1 is 1.15 bits per heavy atom. The number of anilines is 1. The fourth-order valence-electron chi connectivity index (χ4n) is 1.30. The molecule has 0 aromatic carbocycles. The van der Waals surface area contributed by atoms with Crippen molar-refractivity contribution in [1.29, 1.82) is 0 Å². The third-order valence-electron chi connectivity index (χ3n) is 1.86. The smallest absolute Gasteiger partial charge is 0.0539 e. The maximum absolute atomic E-state index is 4.10. The highest BCUT2D eigenvalue weighted by Crippen LogP contribution is 2.24. The molecule has 0 fully saturated rings. The minimum absolute atomic E-state index is 1.03. The van der Waals surface area contributed by atoms with Gasteiger partial charge in [0, 0.05) is 37.6 Å². The van der Waals surface area contributed by atoms with Crippen LogP contribution in [-0.2, 0) is 0 Å². The van der Waals surface area contributed by atoms with Gasteiger partial charge >= 0.3 is 0 Å². The molecule has 1 aromatic rings. The van der Waals surface area contributed by atoms with Gasteiger partial charge in [0.25, 0.3) is 0 Å². The van der Waals surface area contributed by atoms with Crippen LogP contribution in [0.25, 0.3) is 12.2 Å². The summed E-state index contributed by atoms with van der Waals surface area (Å²) in [5.41, 5.74) is 3.17. The lowest BCUT2D eigenvalue weighted by molar-refractivity contribution is 1.11. The van der Waals surface area contributed by atoms with E-state index in [1.54, 1.807) is 24.5 Å². The van der Waals surface area contributed by atoms with Crippen LogP contribution >= 0.6 is 0 Å². The molecule has 1 heterocycles. The predicted octanol–water partition coefficient (Wildman–Crippen LogP) is 2.43. The van der Waals surface area contributed by atoms with Crippen molar-refractivity contribution in [2.45, 2.75) is 0 Å². The van der Waals surface area contributed by atoms with E-state index in [2.05, 4.69) is 18.1 Å². The minimum atomic E-state index is 1.03. The second kappa shape index (κ2) is 3.90. The SMILES string of the molecule is C=Cc1cncc(C=C)c1N(C)C. The zero-order valence-electron chi connectivity index (χ0n) is 8.12. The molecule has 0 spiro atoms. The fourth-order valence-corrected chi connectivity index (χ4v) is 1.30. The Morgan fingerprint density at radius 2 is 1.62 bits per heavy atom. The molecular formula is C11H14N2. The summed E-state index contributed by atoms with van der Waals surface area (Å²) in [4.78, 5) is 6.14. The van der Waals surface area contributed by atoms with Gasteiger partial charge in [-0.05, 0) is 0 Å². The summed E-state index contributed by atoms with van der Waals surface area (Å²) < 4.78 is 0. The highest BCUT2D eigenvalue weighted by molar-refractivity contribution is 5.75. The van der Waals surface area contributed by atoms with E-state index in [9.17, 15) is 0 Å². The van der Waals surface area contributed by atoms with E-state index >= 15 is 0 Å². The molecule has 1 aromatic heterocycles. The van der Waals surface area contributed by atoms with Crippen molar-refractivity contribution in [2.24, 2.45) is 0 Å². The van der Waals surface area contributed by atoms with Crippen molar-refractivity contribution in [3.8, 4) is 0 Å². The predicted molar refractivity (Wildman–Crippen MR) is 58.7 cm³/mol. The molecule has 0 aliphatic heterocycles. The number of hydrogen-bond acceptors (Lipinski definition) is 2. The van der Waals surface area contributed by atoms with Crippen LogP contribution in [-0.4, -0.2) is 19.1 Å². The zero-order chi connectivity index (χ0) is 9.84. The van der Waals surface area contributed by atoms with Gasteiger partial charge in [-0.2, -0.15) is 0 Å². The molecule has 0 radical (unpaired) electrons. The van der Waals surface area contributed by atoms with Crippen LogP contribution in [0.3, 0.4) is 0 Å². The maximum atomic E-state index is 4.10. The second-order valence-electron chi connectivity index (χ2n) is 2.97. The summed E-state index contributed by atoms with van der Waals surface area (Å²) >= 11 is 0. The number of hydrogen-bond donors (Lipinski definition) is 0. The van der Waals surface area contributed by atoms with Crippen LogP contribution in [0.15, 0.2) is 25.6 Å². The van der Waals surface area contributed by atoms with Gasteiger partial charge in [0.15, 0.2) is 0 Å². The highest BCUT2D eigenvalue weighted by Gasteiger charge is 2.05. The molecule has 2 heteroatoms. The van der Waals surface area contributed by atoms with Gasteiger partial charge in [0.2, 0.25) is 0 Å². The minimum Gasteiger partial charge on any atom is -0.377 e. The Morgan fingerprint density at radius 3 is 1.92 bits per heavy atom. The van der Waals surface area contributed by atoms with E-state index in [0.29, 0.717) is 0 Å². The highest BCUT2D eigenvalue weighted by atomic mass is 15.1. The molecule has 0 saturated heterocycles. The van der Waals surface area contributed by atoms with Gasteiger partial charge in [0.1, 0.15) is 0 Å². The van der Waals surface area contributed by atoms with Crippen molar-refractivity contribution in [2.75, 3.05) is 19.0 Å². The number of rotatable bonds is 3. The molecule has 0 amide bonds. The quantitative estimate of drug-likeness (QED) is 0.699. The topological polar surface area (TPSA) is 16.1 Å². The third kappa shape index (κ3) is 1.78.